The van der Waals surface area contributed by atoms with Gasteiger partial charge >= 0.3 is 6.09 Å². The highest BCUT2D eigenvalue weighted by Crippen LogP contribution is 2.13. The Morgan fingerprint density at radius 3 is 2.74 bits per heavy atom. The first-order valence-electron chi connectivity index (χ1n) is 8.14. The van der Waals surface area contributed by atoms with Gasteiger partial charge in [-0.25, -0.2) is 4.79 Å². The van der Waals surface area contributed by atoms with Gasteiger partial charge in [0, 0.05) is 30.9 Å². The van der Waals surface area contributed by atoms with Crippen LogP contribution in [0.5, 0.6) is 5.75 Å². The van der Waals surface area contributed by atoms with Crippen molar-refractivity contribution in [2.45, 2.75) is 12.6 Å². The van der Waals surface area contributed by atoms with Crippen LogP contribution in [0.3, 0.4) is 0 Å². The maximum absolute atomic E-state index is 12.4. The first kappa shape index (κ1) is 23.3. The van der Waals surface area contributed by atoms with Gasteiger partial charge in [0.2, 0.25) is 0 Å². The number of rotatable bonds is 5. The highest BCUT2D eigenvalue weighted by Gasteiger charge is 2.28. The molecule has 1 aromatic carbocycles. The van der Waals surface area contributed by atoms with E-state index < -0.39 is 0 Å². The molecule has 27 heavy (non-hydrogen) atoms. The van der Waals surface area contributed by atoms with Gasteiger partial charge in [0.15, 0.2) is 0 Å². The predicted molar refractivity (Wildman–Crippen MR) is 109 cm³/mol. The third-order valence-corrected chi connectivity index (χ3v) is 4.19. The number of hydrogen-bond donors (Lipinski definition) is 1. The lowest BCUT2D eigenvalue weighted by molar-refractivity contribution is 0.0587. The van der Waals surface area contributed by atoms with Crippen LogP contribution >= 0.6 is 36.4 Å². The lowest BCUT2D eigenvalue weighted by Crippen LogP contribution is -2.56. The van der Waals surface area contributed by atoms with E-state index >= 15 is 0 Å². The van der Waals surface area contributed by atoms with E-state index in [0.29, 0.717) is 30.5 Å². The standard InChI is InChI=1S/C18H20ClN3O3.2ClH/c19-15-5-3-14(4-6-15)12-25-18(23)22-9-8-21-10-16(22)13-24-17-2-1-7-20-11-17;;/h1-7,11,16,21H,8-10,12-13H2;2*1H. The largest absolute Gasteiger partial charge is 0.490 e. The predicted octanol–water partition coefficient (Wildman–Crippen LogP) is 3.57. The minimum Gasteiger partial charge on any atom is -0.490 e. The molecule has 3 rings (SSSR count). The third-order valence-electron chi connectivity index (χ3n) is 3.94. The monoisotopic (exact) mass is 433 g/mol. The fraction of sp³-hybridized carbons (Fsp3) is 0.333. The molecule has 6 nitrogen and oxygen atoms in total. The fourth-order valence-electron chi connectivity index (χ4n) is 2.58. The molecule has 2 heterocycles. The van der Waals surface area contributed by atoms with Crippen LogP contribution in [0.1, 0.15) is 5.56 Å². The molecule has 1 aliphatic heterocycles. The van der Waals surface area contributed by atoms with Gasteiger partial charge in [0.05, 0.1) is 12.2 Å². The summed E-state index contributed by atoms with van der Waals surface area (Å²) in [5.41, 5.74) is 0.899. The van der Waals surface area contributed by atoms with E-state index in [1.54, 1.807) is 29.4 Å². The third kappa shape index (κ3) is 7.07. The SMILES string of the molecule is Cl.Cl.O=C(OCc1ccc(Cl)cc1)N1CCNCC1COc1cccnc1. The molecular weight excluding hydrogens is 413 g/mol. The number of benzene rings is 1. The smallest absolute Gasteiger partial charge is 0.410 e. The summed E-state index contributed by atoms with van der Waals surface area (Å²) in [4.78, 5) is 18.2. The van der Waals surface area contributed by atoms with Gasteiger partial charge in [-0.1, -0.05) is 23.7 Å². The maximum Gasteiger partial charge on any atom is 0.410 e. The number of nitrogens with one attached hydrogen (secondary N) is 1. The fourth-order valence-corrected chi connectivity index (χ4v) is 2.71. The number of amides is 1. The van der Waals surface area contributed by atoms with E-state index in [1.165, 1.54) is 0 Å². The maximum atomic E-state index is 12.4. The Kier molecular flexibility index (Phi) is 10.3. The zero-order valence-corrected chi connectivity index (χ0v) is 16.9. The second-order valence-corrected chi connectivity index (χ2v) is 6.17. The van der Waals surface area contributed by atoms with Crippen molar-refractivity contribution in [3.05, 3.63) is 59.4 Å². The molecule has 0 bridgehead atoms. The van der Waals surface area contributed by atoms with Crippen molar-refractivity contribution < 1.29 is 14.3 Å². The van der Waals surface area contributed by atoms with Crippen LogP contribution in [-0.4, -0.2) is 48.3 Å². The molecule has 2 aromatic rings. The van der Waals surface area contributed by atoms with Crippen LogP contribution in [-0.2, 0) is 11.3 Å². The summed E-state index contributed by atoms with van der Waals surface area (Å²) in [6, 6.07) is 10.8. The summed E-state index contributed by atoms with van der Waals surface area (Å²) in [5, 5.41) is 3.93. The van der Waals surface area contributed by atoms with E-state index in [9.17, 15) is 4.79 Å². The zero-order chi connectivity index (χ0) is 17.5. The van der Waals surface area contributed by atoms with Crippen LogP contribution in [0.15, 0.2) is 48.8 Å². The number of aromatic nitrogens is 1. The summed E-state index contributed by atoms with van der Waals surface area (Å²) in [5.74, 6) is 0.683. The highest BCUT2D eigenvalue weighted by atomic mass is 35.5. The number of nitrogens with zero attached hydrogens (tertiary/aromatic N) is 2. The molecule has 1 atom stereocenters. The quantitative estimate of drug-likeness (QED) is 0.779. The number of piperazine rings is 1. The van der Waals surface area contributed by atoms with Gasteiger partial charge in [-0.3, -0.25) is 9.88 Å². The Bertz CT molecular complexity index is 689. The molecule has 0 spiro atoms. The van der Waals surface area contributed by atoms with Gasteiger partial charge in [-0.05, 0) is 29.8 Å². The molecule has 148 valence electrons. The normalized spacial score (nSPS) is 15.9. The van der Waals surface area contributed by atoms with Crippen molar-refractivity contribution >= 4 is 42.5 Å². The van der Waals surface area contributed by atoms with Crippen LogP contribution in [0, 0.1) is 0 Å². The molecule has 1 amide bonds. The van der Waals surface area contributed by atoms with E-state index in [4.69, 9.17) is 21.1 Å². The van der Waals surface area contributed by atoms with Gasteiger partial charge in [0.1, 0.15) is 19.0 Å². The molecule has 1 aromatic heterocycles. The van der Waals surface area contributed by atoms with Crippen LogP contribution < -0.4 is 10.1 Å². The van der Waals surface area contributed by atoms with Crippen molar-refractivity contribution in [1.82, 2.24) is 15.2 Å². The first-order valence-corrected chi connectivity index (χ1v) is 8.51. The lowest BCUT2D eigenvalue weighted by Gasteiger charge is -2.35. The zero-order valence-electron chi connectivity index (χ0n) is 14.5. The lowest BCUT2D eigenvalue weighted by atomic mass is 10.2. The summed E-state index contributed by atoms with van der Waals surface area (Å²) in [7, 11) is 0. The second-order valence-electron chi connectivity index (χ2n) is 5.73. The molecule has 0 radical (unpaired) electrons. The number of hydrogen-bond acceptors (Lipinski definition) is 5. The molecule has 1 fully saturated rings. The molecule has 1 aliphatic rings. The molecule has 1 saturated heterocycles. The number of ether oxygens (including phenoxy) is 2. The van der Waals surface area contributed by atoms with Gasteiger partial charge < -0.3 is 14.8 Å². The van der Waals surface area contributed by atoms with Crippen LogP contribution in [0.25, 0.3) is 0 Å². The van der Waals surface area contributed by atoms with E-state index in [1.807, 2.05) is 24.3 Å². The summed E-state index contributed by atoms with van der Waals surface area (Å²) in [6.07, 6.45) is 3.01. The average molecular weight is 435 g/mol. The Hall–Kier alpha value is -1.73. The Labute approximate surface area is 176 Å². The Balaban J connectivity index is 0.00000182. The molecule has 0 saturated carbocycles. The van der Waals surface area contributed by atoms with Gasteiger partial charge in [0.25, 0.3) is 0 Å². The molecule has 1 N–H and O–H groups in total. The van der Waals surface area contributed by atoms with E-state index in [2.05, 4.69) is 10.3 Å². The van der Waals surface area contributed by atoms with Crippen LogP contribution in [0.4, 0.5) is 4.79 Å². The number of halogens is 3. The molecular formula is C18H22Cl3N3O3. The molecule has 1 unspecified atom stereocenters. The van der Waals surface area contributed by atoms with Gasteiger partial charge in [-0.2, -0.15) is 0 Å². The van der Waals surface area contributed by atoms with E-state index in [-0.39, 0.29) is 43.6 Å². The van der Waals surface area contributed by atoms with Gasteiger partial charge in [-0.15, -0.1) is 24.8 Å². The first-order chi connectivity index (χ1) is 12.2. The van der Waals surface area contributed by atoms with Crippen molar-refractivity contribution in [3.63, 3.8) is 0 Å². The minimum absolute atomic E-state index is 0. The van der Waals surface area contributed by atoms with E-state index in [0.717, 1.165) is 12.1 Å². The average Bonchev–Trinajstić information content (AvgIpc) is 2.67. The van der Waals surface area contributed by atoms with Crippen molar-refractivity contribution in [2.75, 3.05) is 26.2 Å². The Morgan fingerprint density at radius 1 is 1.26 bits per heavy atom. The topological polar surface area (TPSA) is 63.7 Å². The Morgan fingerprint density at radius 2 is 2.04 bits per heavy atom. The van der Waals surface area contributed by atoms with Crippen LogP contribution in [0.2, 0.25) is 5.02 Å². The van der Waals surface area contributed by atoms with Crippen molar-refractivity contribution in [3.8, 4) is 5.75 Å². The second kappa shape index (κ2) is 11.9. The molecule has 0 aliphatic carbocycles. The number of carbonyl (C=O) groups excluding carboxylic acids is 1. The summed E-state index contributed by atoms with van der Waals surface area (Å²) >= 11 is 5.86. The number of pyridine rings is 1. The number of carbonyl (C=O) groups is 1. The molecule has 9 heteroatoms. The van der Waals surface area contributed by atoms with Crippen molar-refractivity contribution in [2.24, 2.45) is 0 Å². The van der Waals surface area contributed by atoms with Crippen molar-refractivity contribution in [1.29, 1.82) is 0 Å². The summed E-state index contributed by atoms with van der Waals surface area (Å²) in [6.45, 7) is 2.58. The summed E-state index contributed by atoms with van der Waals surface area (Å²) < 4.78 is 11.2. The highest BCUT2D eigenvalue weighted by molar-refractivity contribution is 6.30. The minimum atomic E-state index is -0.337.